The van der Waals surface area contributed by atoms with Crippen molar-refractivity contribution in [1.29, 1.82) is 0 Å². The fraction of sp³-hybridized carbons (Fsp3) is 0.357. The highest BCUT2D eigenvalue weighted by atomic mass is 32.1. The molecule has 0 saturated carbocycles. The van der Waals surface area contributed by atoms with Crippen LogP contribution in [0.25, 0.3) is 10.6 Å². The number of benzene rings is 1. The topological polar surface area (TPSA) is 48.1 Å². The Bertz CT molecular complexity index is 589. The van der Waals surface area contributed by atoms with Gasteiger partial charge in [-0.1, -0.05) is 0 Å². The highest BCUT2D eigenvalue weighted by Gasteiger charge is 2.16. The van der Waals surface area contributed by atoms with Crippen LogP contribution in [-0.2, 0) is 6.42 Å². The van der Waals surface area contributed by atoms with Crippen molar-refractivity contribution >= 4 is 11.3 Å². The Kier molecular flexibility index (Phi) is 2.84. The van der Waals surface area contributed by atoms with E-state index in [1.165, 1.54) is 16.0 Å². The summed E-state index contributed by atoms with van der Waals surface area (Å²) in [5.74, 6) is 1.01. The standard InChI is InChI=1S/C14H16N2OS/c1-8(15)13-9(2)16-14(18-13)11-3-4-12-10(7-11)5-6-17-12/h3-4,7-8H,5-6,15H2,1-2H3. The summed E-state index contributed by atoms with van der Waals surface area (Å²) in [6.45, 7) is 4.82. The lowest BCUT2D eigenvalue weighted by molar-refractivity contribution is 0.357. The molecule has 1 atom stereocenters. The summed E-state index contributed by atoms with van der Waals surface area (Å²) in [7, 11) is 0. The number of aryl methyl sites for hydroxylation is 1. The van der Waals surface area contributed by atoms with Gasteiger partial charge in [-0.15, -0.1) is 11.3 Å². The zero-order valence-corrected chi connectivity index (χ0v) is 11.4. The quantitative estimate of drug-likeness (QED) is 0.902. The van der Waals surface area contributed by atoms with Crippen molar-refractivity contribution in [2.24, 2.45) is 5.73 Å². The van der Waals surface area contributed by atoms with E-state index in [4.69, 9.17) is 10.5 Å². The van der Waals surface area contributed by atoms with Crippen LogP contribution in [0.4, 0.5) is 0 Å². The molecule has 2 aromatic rings. The number of rotatable bonds is 2. The zero-order valence-electron chi connectivity index (χ0n) is 10.6. The summed E-state index contributed by atoms with van der Waals surface area (Å²) in [5.41, 5.74) is 9.44. The first-order valence-corrected chi connectivity index (χ1v) is 6.96. The first-order chi connectivity index (χ1) is 8.65. The number of ether oxygens (including phenoxy) is 1. The highest BCUT2D eigenvalue weighted by Crippen LogP contribution is 2.34. The Hall–Kier alpha value is -1.39. The summed E-state index contributed by atoms with van der Waals surface area (Å²) < 4.78 is 5.52. The fourth-order valence-electron chi connectivity index (χ4n) is 2.27. The molecule has 0 amide bonds. The Morgan fingerprint density at radius 3 is 3.00 bits per heavy atom. The number of nitrogens with two attached hydrogens (primary N) is 1. The maximum absolute atomic E-state index is 5.95. The largest absolute Gasteiger partial charge is 0.493 e. The predicted octanol–water partition coefficient (Wildman–Crippen LogP) is 3.07. The third kappa shape index (κ3) is 1.91. The molecular weight excluding hydrogens is 244 g/mol. The molecule has 0 bridgehead atoms. The van der Waals surface area contributed by atoms with Crippen molar-refractivity contribution in [2.75, 3.05) is 6.61 Å². The van der Waals surface area contributed by atoms with Gasteiger partial charge in [-0.05, 0) is 37.6 Å². The van der Waals surface area contributed by atoms with Gasteiger partial charge in [-0.25, -0.2) is 4.98 Å². The van der Waals surface area contributed by atoms with Crippen molar-refractivity contribution in [2.45, 2.75) is 26.3 Å². The van der Waals surface area contributed by atoms with Crippen LogP contribution in [0, 0.1) is 6.92 Å². The second kappa shape index (κ2) is 4.37. The van der Waals surface area contributed by atoms with Crippen LogP contribution < -0.4 is 10.5 Å². The van der Waals surface area contributed by atoms with E-state index in [-0.39, 0.29) is 6.04 Å². The van der Waals surface area contributed by atoms with Crippen molar-refractivity contribution in [3.63, 3.8) is 0 Å². The molecule has 94 valence electrons. The minimum atomic E-state index is 0.0500. The molecule has 0 radical (unpaired) electrons. The number of thiazole rings is 1. The average Bonchev–Trinajstić information content (AvgIpc) is 2.93. The Morgan fingerprint density at radius 1 is 1.44 bits per heavy atom. The maximum Gasteiger partial charge on any atom is 0.123 e. The third-order valence-electron chi connectivity index (χ3n) is 3.18. The molecule has 18 heavy (non-hydrogen) atoms. The van der Waals surface area contributed by atoms with E-state index in [1.54, 1.807) is 11.3 Å². The van der Waals surface area contributed by atoms with Crippen molar-refractivity contribution in [1.82, 2.24) is 4.98 Å². The van der Waals surface area contributed by atoms with E-state index in [9.17, 15) is 0 Å². The number of hydrogen-bond acceptors (Lipinski definition) is 4. The van der Waals surface area contributed by atoms with Gasteiger partial charge in [0.15, 0.2) is 0 Å². The van der Waals surface area contributed by atoms with Crippen LogP contribution in [0.3, 0.4) is 0 Å². The second-order valence-corrected chi connectivity index (χ2v) is 5.71. The van der Waals surface area contributed by atoms with Crippen LogP contribution in [0.1, 0.15) is 29.1 Å². The van der Waals surface area contributed by atoms with Gasteiger partial charge in [-0.2, -0.15) is 0 Å². The third-order valence-corrected chi connectivity index (χ3v) is 4.59. The average molecular weight is 260 g/mol. The van der Waals surface area contributed by atoms with Crippen LogP contribution in [0.5, 0.6) is 5.75 Å². The van der Waals surface area contributed by atoms with Gasteiger partial charge in [0, 0.05) is 22.9 Å². The maximum atomic E-state index is 5.95. The molecule has 1 aromatic carbocycles. The molecule has 0 fully saturated rings. The summed E-state index contributed by atoms with van der Waals surface area (Å²) in [4.78, 5) is 5.79. The Labute approximate surface area is 111 Å². The lowest BCUT2D eigenvalue weighted by atomic mass is 10.1. The highest BCUT2D eigenvalue weighted by molar-refractivity contribution is 7.15. The van der Waals surface area contributed by atoms with Gasteiger partial charge in [0.05, 0.1) is 12.3 Å². The smallest absolute Gasteiger partial charge is 0.123 e. The summed E-state index contributed by atoms with van der Waals surface area (Å²) in [5, 5.41) is 1.05. The van der Waals surface area contributed by atoms with Gasteiger partial charge in [0.25, 0.3) is 0 Å². The number of hydrogen-bond donors (Lipinski definition) is 1. The first-order valence-electron chi connectivity index (χ1n) is 6.14. The lowest BCUT2D eigenvalue weighted by Gasteiger charge is -2.01. The Morgan fingerprint density at radius 2 is 2.28 bits per heavy atom. The summed E-state index contributed by atoms with van der Waals surface area (Å²) >= 11 is 1.69. The molecule has 0 spiro atoms. The molecule has 2 heterocycles. The molecule has 0 aliphatic carbocycles. The SMILES string of the molecule is Cc1nc(-c2ccc3c(c2)CCO3)sc1C(C)N. The first kappa shape index (κ1) is 11.7. The minimum absolute atomic E-state index is 0.0500. The number of fused-ring (bicyclic) bond motifs is 1. The van der Waals surface area contributed by atoms with Gasteiger partial charge in [0.1, 0.15) is 10.8 Å². The van der Waals surface area contributed by atoms with Crippen molar-refractivity contribution in [3.8, 4) is 16.3 Å². The monoisotopic (exact) mass is 260 g/mol. The molecule has 4 heteroatoms. The normalized spacial score (nSPS) is 15.3. The number of aromatic nitrogens is 1. The van der Waals surface area contributed by atoms with E-state index in [0.29, 0.717) is 0 Å². The molecule has 3 nitrogen and oxygen atoms in total. The fourth-order valence-corrected chi connectivity index (χ4v) is 3.29. The van der Waals surface area contributed by atoms with E-state index in [0.717, 1.165) is 29.5 Å². The molecule has 1 aliphatic rings. The van der Waals surface area contributed by atoms with E-state index >= 15 is 0 Å². The molecule has 3 rings (SSSR count). The van der Waals surface area contributed by atoms with Gasteiger partial charge in [-0.3, -0.25) is 0 Å². The van der Waals surface area contributed by atoms with E-state index in [2.05, 4.69) is 17.1 Å². The van der Waals surface area contributed by atoms with Crippen molar-refractivity contribution < 1.29 is 4.74 Å². The molecular formula is C14H16N2OS. The molecule has 0 saturated heterocycles. The van der Waals surface area contributed by atoms with Crippen LogP contribution in [0.15, 0.2) is 18.2 Å². The molecule has 1 aliphatic heterocycles. The van der Waals surface area contributed by atoms with Crippen molar-refractivity contribution in [3.05, 3.63) is 34.3 Å². The summed E-state index contributed by atoms with van der Waals surface area (Å²) in [6.07, 6.45) is 0.994. The lowest BCUT2D eigenvalue weighted by Crippen LogP contribution is -2.03. The molecule has 1 unspecified atom stereocenters. The minimum Gasteiger partial charge on any atom is -0.493 e. The second-order valence-electron chi connectivity index (χ2n) is 4.68. The Balaban J connectivity index is 2.02. The van der Waals surface area contributed by atoms with E-state index < -0.39 is 0 Å². The van der Waals surface area contributed by atoms with Crippen LogP contribution >= 0.6 is 11.3 Å². The molecule has 2 N–H and O–H groups in total. The zero-order chi connectivity index (χ0) is 12.7. The summed E-state index contributed by atoms with van der Waals surface area (Å²) in [6, 6.07) is 6.35. The number of nitrogens with zero attached hydrogens (tertiary/aromatic N) is 1. The van der Waals surface area contributed by atoms with Gasteiger partial charge >= 0.3 is 0 Å². The van der Waals surface area contributed by atoms with E-state index in [1.807, 2.05) is 19.9 Å². The van der Waals surface area contributed by atoms with Gasteiger partial charge < -0.3 is 10.5 Å². The van der Waals surface area contributed by atoms with Crippen LogP contribution in [-0.4, -0.2) is 11.6 Å². The van der Waals surface area contributed by atoms with Gasteiger partial charge in [0.2, 0.25) is 0 Å². The molecule has 1 aromatic heterocycles. The van der Waals surface area contributed by atoms with Crippen LogP contribution in [0.2, 0.25) is 0 Å². The predicted molar refractivity (Wildman–Crippen MR) is 74.1 cm³/mol.